The quantitative estimate of drug-likeness (QED) is 0.0685. The molecule has 0 bridgehead atoms. The summed E-state index contributed by atoms with van der Waals surface area (Å²) in [5.41, 5.74) is 7.84. The van der Waals surface area contributed by atoms with E-state index in [1.54, 1.807) is 13.2 Å². The number of carbonyl (C=O) groups excluding carboxylic acids is 1. The van der Waals surface area contributed by atoms with Crippen molar-refractivity contribution in [3.05, 3.63) is 69.0 Å². The highest BCUT2D eigenvalue weighted by molar-refractivity contribution is 6.11. The molecule has 0 radical (unpaired) electrons. The van der Waals surface area contributed by atoms with Crippen molar-refractivity contribution in [1.82, 2.24) is 0 Å². The second kappa shape index (κ2) is 22.3. The van der Waals surface area contributed by atoms with Crippen LogP contribution in [0.4, 0.5) is 0 Å². The SMILES string of the molecule is CCCC(CC)c1cc(C=C(O)C(=O)c2cc(C(CC)CCC)cc(C(CC)CCC)c2C(CC)CCC)c(C(CC)CCC)c(OC)c1. The van der Waals surface area contributed by atoms with E-state index < -0.39 is 0 Å². The lowest BCUT2D eigenvalue weighted by Gasteiger charge is -2.29. The van der Waals surface area contributed by atoms with Gasteiger partial charge in [0.05, 0.1) is 7.11 Å². The van der Waals surface area contributed by atoms with Crippen molar-refractivity contribution < 1.29 is 14.6 Å². The Morgan fingerprint density at radius 1 is 0.592 bits per heavy atom. The number of allylic oxidation sites excluding steroid dienone is 1. The number of hydrogen-bond acceptors (Lipinski definition) is 3. The Labute approximate surface area is 302 Å². The summed E-state index contributed by atoms with van der Waals surface area (Å²) in [7, 11) is 1.76. The van der Waals surface area contributed by atoms with Crippen LogP contribution in [-0.2, 0) is 0 Å². The van der Waals surface area contributed by atoms with E-state index in [1.807, 2.05) is 0 Å². The minimum Gasteiger partial charge on any atom is -0.504 e. The van der Waals surface area contributed by atoms with E-state index in [0.717, 1.165) is 119 Å². The molecule has 0 saturated carbocycles. The maximum atomic E-state index is 14.9. The van der Waals surface area contributed by atoms with Crippen LogP contribution in [-0.4, -0.2) is 18.0 Å². The molecule has 3 nitrogen and oxygen atoms in total. The summed E-state index contributed by atoms with van der Waals surface area (Å²) in [6.45, 7) is 22.6. The maximum Gasteiger partial charge on any atom is 0.227 e. The van der Waals surface area contributed by atoms with Crippen molar-refractivity contribution in [2.45, 2.75) is 195 Å². The van der Waals surface area contributed by atoms with E-state index >= 15 is 0 Å². The van der Waals surface area contributed by atoms with Gasteiger partial charge in [-0.2, -0.15) is 0 Å². The van der Waals surface area contributed by atoms with Crippen LogP contribution in [0.25, 0.3) is 6.08 Å². The molecular weight excluding hydrogens is 601 g/mol. The third kappa shape index (κ3) is 11.0. The molecule has 5 atom stereocenters. The van der Waals surface area contributed by atoms with Crippen LogP contribution in [0, 0.1) is 0 Å². The Morgan fingerprint density at radius 3 is 1.47 bits per heavy atom. The van der Waals surface area contributed by atoms with E-state index in [2.05, 4.69) is 93.5 Å². The fraction of sp³-hybridized carbons (Fsp3) is 0.674. The maximum absolute atomic E-state index is 14.9. The predicted molar refractivity (Wildman–Crippen MR) is 214 cm³/mol. The Balaban J connectivity index is 3.04. The van der Waals surface area contributed by atoms with E-state index in [-0.39, 0.29) is 23.4 Å². The Kier molecular flexibility index (Phi) is 19.4. The van der Waals surface area contributed by atoms with Crippen LogP contribution in [0.3, 0.4) is 0 Å². The summed E-state index contributed by atoms with van der Waals surface area (Å²) >= 11 is 0. The van der Waals surface area contributed by atoms with E-state index in [4.69, 9.17) is 4.74 Å². The van der Waals surface area contributed by atoms with Gasteiger partial charge in [-0.3, -0.25) is 4.79 Å². The highest BCUT2D eigenvalue weighted by Crippen LogP contribution is 2.43. The standard InChI is InChI=1S/C46H74O3/c1-12-22-32(17-6)37-27-39(44(43(31-37)49-11)35(20-9)25-15-4)30-42(47)46(48)41-29-38(33(18-7)23-13-2)28-40(34(19-8)24-14-3)45(41)36(21-10)26-16-5/h27-36,47H,12-26H2,1-11H3. The smallest absolute Gasteiger partial charge is 0.227 e. The van der Waals surface area contributed by atoms with Gasteiger partial charge in [0.15, 0.2) is 5.76 Å². The van der Waals surface area contributed by atoms with Gasteiger partial charge in [-0.15, -0.1) is 0 Å². The molecule has 5 unspecified atom stereocenters. The molecule has 3 heteroatoms. The molecule has 0 amide bonds. The number of methoxy groups -OCH3 is 1. The fourth-order valence-electron chi connectivity index (χ4n) is 8.54. The number of Topliss-reactive ketones (excluding diaryl/α,β-unsaturated/α-hetero) is 1. The second-order valence-electron chi connectivity index (χ2n) is 14.6. The highest BCUT2D eigenvalue weighted by Gasteiger charge is 2.29. The molecule has 0 heterocycles. The van der Waals surface area contributed by atoms with Crippen molar-refractivity contribution in [3.63, 3.8) is 0 Å². The largest absolute Gasteiger partial charge is 0.504 e. The van der Waals surface area contributed by atoms with Crippen molar-refractivity contribution >= 4 is 11.9 Å². The summed E-state index contributed by atoms with van der Waals surface area (Å²) < 4.78 is 6.11. The monoisotopic (exact) mass is 675 g/mol. The zero-order valence-electron chi connectivity index (χ0n) is 33.6. The lowest BCUT2D eigenvalue weighted by Crippen LogP contribution is -2.17. The van der Waals surface area contributed by atoms with Crippen LogP contribution < -0.4 is 4.74 Å². The predicted octanol–water partition coefficient (Wildman–Crippen LogP) is 14.9. The molecule has 0 spiro atoms. The van der Waals surface area contributed by atoms with Crippen molar-refractivity contribution in [3.8, 4) is 5.75 Å². The number of hydrogen-bond donors (Lipinski definition) is 1. The van der Waals surface area contributed by atoms with Crippen LogP contribution in [0.1, 0.15) is 239 Å². The summed E-state index contributed by atoms with van der Waals surface area (Å²) in [6.07, 6.45) is 17.7. The summed E-state index contributed by atoms with van der Waals surface area (Å²) in [4.78, 5) is 14.9. The molecular formula is C46H74O3. The molecule has 0 aliphatic carbocycles. The van der Waals surface area contributed by atoms with Gasteiger partial charge in [0, 0.05) is 11.1 Å². The number of ketones is 1. The Morgan fingerprint density at radius 2 is 1.02 bits per heavy atom. The first-order valence-electron chi connectivity index (χ1n) is 20.5. The normalized spacial score (nSPS) is 15.1. The van der Waals surface area contributed by atoms with Gasteiger partial charge in [-0.05, 0) is 140 Å². The van der Waals surface area contributed by atoms with Crippen LogP contribution >= 0.6 is 0 Å². The summed E-state index contributed by atoms with van der Waals surface area (Å²) in [5.74, 6) is 2.27. The van der Waals surface area contributed by atoms with Gasteiger partial charge < -0.3 is 9.84 Å². The molecule has 0 aliphatic heterocycles. The zero-order chi connectivity index (χ0) is 36.5. The number of benzene rings is 2. The van der Waals surface area contributed by atoms with Crippen molar-refractivity contribution in [2.75, 3.05) is 7.11 Å². The summed E-state index contributed by atoms with van der Waals surface area (Å²) in [6, 6.07) is 9.14. The first-order valence-corrected chi connectivity index (χ1v) is 20.5. The molecule has 2 aromatic carbocycles. The second-order valence-corrected chi connectivity index (χ2v) is 14.6. The molecule has 2 rings (SSSR count). The number of carbonyl (C=O) groups is 1. The van der Waals surface area contributed by atoms with Crippen LogP contribution in [0.5, 0.6) is 5.75 Å². The average Bonchev–Trinajstić information content (AvgIpc) is 3.12. The highest BCUT2D eigenvalue weighted by atomic mass is 16.5. The lowest BCUT2D eigenvalue weighted by atomic mass is 9.75. The van der Waals surface area contributed by atoms with Gasteiger partial charge in [0.2, 0.25) is 5.78 Å². The van der Waals surface area contributed by atoms with Crippen LogP contribution in [0.2, 0.25) is 0 Å². The minimum absolute atomic E-state index is 0.155. The lowest BCUT2D eigenvalue weighted by molar-refractivity contribution is 0.0978. The third-order valence-electron chi connectivity index (χ3n) is 11.3. The van der Waals surface area contributed by atoms with Gasteiger partial charge in [0.25, 0.3) is 0 Å². The third-order valence-corrected chi connectivity index (χ3v) is 11.3. The topological polar surface area (TPSA) is 46.5 Å². The van der Waals surface area contributed by atoms with Crippen molar-refractivity contribution in [2.24, 2.45) is 0 Å². The zero-order valence-corrected chi connectivity index (χ0v) is 33.6. The fourth-order valence-corrected chi connectivity index (χ4v) is 8.54. The molecule has 2 aromatic rings. The van der Waals surface area contributed by atoms with Gasteiger partial charge >= 0.3 is 0 Å². The Bertz CT molecular complexity index is 1300. The minimum atomic E-state index is -0.232. The Hall–Kier alpha value is -2.55. The van der Waals surface area contributed by atoms with Gasteiger partial charge in [-0.25, -0.2) is 0 Å². The van der Waals surface area contributed by atoms with Crippen molar-refractivity contribution in [1.29, 1.82) is 0 Å². The molecule has 1 N–H and O–H groups in total. The first kappa shape index (κ1) is 42.6. The molecule has 0 fully saturated rings. The van der Waals surface area contributed by atoms with Crippen LogP contribution in [0.15, 0.2) is 30.0 Å². The molecule has 0 aromatic heterocycles. The van der Waals surface area contributed by atoms with E-state index in [1.165, 1.54) is 22.3 Å². The number of aliphatic hydroxyl groups excluding tert-OH is 1. The number of aliphatic hydroxyl groups is 1. The molecule has 49 heavy (non-hydrogen) atoms. The van der Waals surface area contributed by atoms with Gasteiger partial charge in [0.1, 0.15) is 5.75 Å². The number of ether oxygens (including phenoxy) is 1. The van der Waals surface area contributed by atoms with E-state index in [9.17, 15) is 9.90 Å². The molecule has 0 aliphatic rings. The van der Waals surface area contributed by atoms with Gasteiger partial charge in [-0.1, -0.05) is 113 Å². The summed E-state index contributed by atoms with van der Waals surface area (Å²) in [5, 5.41) is 12.0. The molecule has 276 valence electrons. The van der Waals surface area contributed by atoms with E-state index in [0.29, 0.717) is 17.8 Å². The average molecular weight is 675 g/mol. The molecule has 0 saturated heterocycles. The number of rotatable bonds is 24. The first-order chi connectivity index (χ1) is 23.7.